The lowest BCUT2D eigenvalue weighted by atomic mass is 10.3. The maximum atomic E-state index is 10.6. The van der Waals surface area contributed by atoms with Crippen LogP contribution in [0.5, 0.6) is 16.7 Å². The fourth-order valence-electron chi connectivity index (χ4n) is 1.23. The Morgan fingerprint density at radius 1 is 1.44 bits per heavy atom. The number of aromatic nitrogens is 1. The zero-order valence-corrected chi connectivity index (χ0v) is 11.5. The van der Waals surface area contributed by atoms with Crippen LogP contribution in [0.25, 0.3) is 0 Å². The summed E-state index contributed by atoms with van der Waals surface area (Å²) in [5.41, 5.74) is -0.0560. The molecule has 1 heterocycles. The summed E-state index contributed by atoms with van der Waals surface area (Å²) in [7, 11) is 1.42. The highest BCUT2D eigenvalue weighted by molar-refractivity contribution is 9.10. The lowest BCUT2D eigenvalue weighted by Crippen LogP contribution is -1.93. The Labute approximate surface area is 114 Å². The molecule has 1 aromatic carbocycles. The number of non-ortho nitro benzene ring substituents is 1. The van der Waals surface area contributed by atoms with Gasteiger partial charge in [0.2, 0.25) is 0 Å². The topological polar surface area (TPSA) is 74.5 Å². The first-order chi connectivity index (χ1) is 8.60. The molecule has 8 heteroatoms. The summed E-state index contributed by atoms with van der Waals surface area (Å²) in [6, 6.07) is 4.13. The van der Waals surface area contributed by atoms with E-state index in [0.717, 1.165) is 0 Å². The van der Waals surface area contributed by atoms with Crippen molar-refractivity contribution < 1.29 is 14.4 Å². The molecule has 6 nitrogen and oxygen atoms in total. The molecule has 0 saturated heterocycles. The molecule has 0 saturated carbocycles. The first-order valence-electron chi connectivity index (χ1n) is 4.71. The maximum Gasteiger partial charge on any atom is 0.279 e. The Bertz CT molecular complexity index is 587. The lowest BCUT2D eigenvalue weighted by molar-refractivity contribution is -0.384. The van der Waals surface area contributed by atoms with Crippen LogP contribution in [0.15, 0.2) is 28.2 Å². The molecular weight excluding hydrogens is 324 g/mol. The second-order valence-electron chi connectivity index (χ2n) is 3.13. The van der Waals surface area contributed by atoms with Gasteiger partial charge in [-0.05, 0) is 22.0 Å². The number of nitro benzene ring substituents is 1. The molecule has 2 rings (SSSR count). The molecule has 0 aliphatic carbocycles. The molecule has 0 fully saturated rings. The van der Waals surface area contributed by atoms with Gasteiger partial charge in [0.15, 0.2) is 11.5 Å². The van der Waals surface area contributed by atoms with Crippen LogP contribution < -0.4 is 9.47 Å². The van der Waals surface area contributed by atoms with E-state index in [9.17, 15) is 10.1 Å². The van der Waals surface area contributed by atoms with E-state index >= 15 is 0 Å². The van der Waals surface area contributed by atoms with Crippen molar-refractivity contribution in [3.63, 3.8) is 0 Å². The first-order valence-corrected chi connectivity index (χ1v) is 6.38. The number of nitrogens with zero attached hydrogens (tertiary/aromatic N) is 2. The van der Waals surface area contributed by atoms with E-state index in [1.807, 2.05) is 0 Å². The van der Waals surface area contributed by atoms with E-state index in [2.05, 4.69) is 20.9 Å². The summed E-state index contributed by atoms with van der Waals surface area (Å²) >= 11 is 4.51. The summed E-state index contributed by atoms with van der Waals surface area (Å²) in [6.07, 6.45) is 0. The molecule has 0 unspecified atom stereocenters. The number of halogens is 1. The van der Waals surface area contributed by atoms with E-state index < -0.39 is 4.92 Å². The second-order valence-corrected chi connectivity index (χ2v) is 4.76. The van der Waals surface area contributed by atoms with Crippen LogP contribution in [0.1, 0.15) is 0 Å². The Hall–Kier alpha value is -1.67. The van der Waals surface area contributed by atoms with Crippen LogP contribution >= 0.6 is 27.3 Å². The average Bonchev–Trinajstić information content (AvgIpc) is 2.75. The monoisotopic (exact) mass is 330 g/mol. The highest BCUT2D eigenvalue weighted by atomic mass is 79.9. The van der Waals surface area contributed by atoms with Gasteiger partial charge in [0.25, 0.3) is 10.9 Å². The van der Waals surface area contributed by atoms with E-state index in [4.69, 9.17) is 9.47 Å². The molecular formula is C10H7BrN2O4S. The highest BCUT2D eigenvalue weighted by Gasteiger charge is 2.14. The zero-order valence-electron chi connectivity index (χ0n) is 9.12. The number of ether oxygens (including phenoxy) is 2. The third-order valence-electron chi connectivity index (χ3n) is 2.01. The molecule has 94 valence electrons. The minimum absolute atomic E-state index is 0.0560. The van der Waals surface area contributed by atoms with Crippen molar-refractivity contribution in [2.45, 2.75) is 0 Å². The molecule has 18 heavy (non-hydrogen) atoms. The van der Waals surface area contributed by atoms with Crippen LogP contribution in [0, 0.1) is 10.1 Å². The number of hydrogen-bond donors (Lipinski definition) is 0. The fourth-order valence-corrected chi connectivity index (χ4v) is 2.33. The Morgan fingerprint density at radius 3 is 2.78 bits per heavy atom. The highest BCUT2D eigenvalue weighted by Crippen LogP contribution is 2.35. The predicted octanol–water partition coefficient (Wildman–Crippen LogP) is 3.61. The van der Waals surface area contributed by atoms with Crippen LogP contribution in [0.3, 0.4) is 0 Å². The molecule has 2 aromatic rings. The Balaban J connectivity index is 2.30. The second kappa shape index (κ2) is 5.32. The van der Waals surface area contributed by atoms with Gasteiger partial charge in [0, 0.05) is 11.4 Å². The van der Waals surface area contributed by atoms with Crippen LogP contribution in [0.4, 0.5) is 5.69 Å². The normalized spacial score (nSPS) is 10.1. The van der Waals surface area contributed by atoms with Gasteiger partial charge in [0.05, 0.1) is 18.1 Å². The minimum atomic E-state index is -0.494. The Kier molecular flexibility index (Phi) is 3.78. The van der Waals surface area contributed by atoms with Gasteiger partial charge in [-0.3, -0.25) is 10.1 Å². The summed E-state index contributed by atoms with van der Waals surface area (Å²) in [5, 5.41) is 12.8. The fraction of sp³-hybridized carbons (Fsp3) is 0.100. The molecule has 0 aliphatic heterocycles. The van der Waals surface area contributed by atoms with Crippen molar-refractivity contribution in [2.75, 3.05) is 7.11 Å². The van der Waals surface area contributed by atoms with E-state index in [-0.39, 0.29) is 11.4 Å². The number of rotatable bonds is 4. The van der Waals surface area contributed by atoms with E-state index in [1.165, 1.54) is 36.6 Å². The van der Waals surface area contributed by atoms with Crippen LogP contribution in [-0.4, -0.2) is 17.0 Å². The average molecular weight is 331 g/mol. The van der Waals surface area contributed by atoms with E-state index in [1.54, 1.807) is 5.38 Å². The summed E-state index contributed by atoms with van der Waals surface area (Å²) in [6.45, 7) is 0. The minimum Gasteiger partial charge on any atom is -0.493 e. The molecule has 0 amide bonds. The Morgan fingerprint density at radius 2 is 2.22 bits per heavy atom. The van der Waals surface area contributed by atoms with Gasteiger partial charge < -0.3 is 9.47 Å². The molecule has 0 bridgehead atoms. The third-order valence-corrected chi connectivity index (χ3v) is 3.44. The summed E-state index contributed by atoms with van der Waals surface area (Å²) in [4.78, 5) is 14.2. The molecule has 0 radical (unpaired) electrons. The van der Waals surface area contributed by atoms with Crippen LogP contribution in [0.2, 0.25) is 0 Å². The van der Waals surface area contributed by atoms with Gasteiger partial charge in [-0.15, -0.1) is 0 Å². The van der Waals surface area contributed by atoms with Crippen molar-refractivity contribution in [1.82, 2.24) is 4.98 Å². The number of benzene rings is 1. The van der Waals surface area contributed by atoms with Gasteiger partial charge >= 0.3 is 0 Å². The SMILES string of the molecule is COc1cc([N+](=O)[O-])ccc1Oc1nc(Br)cs1. The maximum absolute atomic E-state index is 10.6. The van der Waals surface area contributed by atoms with Gasteiger partial charge in [-0.2, -0.15) is 4.98 Å². The van der Waals surface area contributed by atoms with Gasteiger partial charge in [-0.1, -0.05) is 11.3 Å². The molecule has 0 aliphatic rings. The molecule has 0 N–H and O–H groups in total. The molecule has 0 atom stereocenters. The quantitative estimate of drug-likeness (QED) is 0.632. The van der Waals surface area contributed by atoms with Crippen LogP contribution in [-0.2, 0) is 0 Å². The van der Waals surface area contributed by atoms with Crippen molar-refractivity contribution in [3.05, 3.63) is 38.3 Å². The van der Waals surface area contributed by atoms with E-state index in [0.29, 0.717) is 15.5 Å². The number of thiazole rings is 1. The standard InChI is InChI=1S/C10H7BrN2O4S/c1-16-8-4-6(13(14)15)2-3-7(8)17-10-12-9(11)5-18-10/h2-5H,1H3. The third kappa shape index (κ3) is 2.77. The lowest BCUT2D eigenvalue weighted by Gasteiger charge is -2.07. The van der Waals surface area contributed by atoms with Crippen molar-refractivity contribution >= 4 is 33.0 Å². The van der Waals surface area contributed by atoms with Crippen molar-refractivity contribution in [3.8, 4) is 16.7 Å². The molecule has 0 spiro atoms. The van der Waals surface area contributed by atoms with Crippen molar-refractivity contribution in [1.29, 1.82) is 0 Å². The number of nitro groups is 1. The zero-order chi connectivity index (χ0) is 13.1. The predicted molar refractivity (Wildman–Crippen MR) is 69.5 cm³/mol. The summed E-state index contributed by atoms with van der Waals surface area (Å²) < 4.78 is 11.2. The number of methoxy groups -OCH3 is 1. The van der Waals surface area contributed by atoms with Gasteiger partial charge in [-0.25, -0.2) is 0 Å². The summed E-state index contributed by atoms with van der Waals surface area (Å²) in [5.74, 6) is 0.667. The number of hydrogen-bond acceptors (Lipinski definition) is 6. The smallest absolute Gasteiger partial charge is 0.279 e. The van der Waals surface area contributed by atoms with Gasteiger partial charge in [0.1, 0.15) is 4.60 Å². The molecule has 1 aromatic heterocycles. The first kappa shape index (κ1) is 12.8. The largest absolute Gasteiger partial charge is 0.493 e. The van der Waals surface area contributed by atoms with Crippen molar-refractivity contribution in [2.24, 2.45) is 0 Å².